The van der Waals surface area contributed by atoms with E-state index >= 15 is 0 Å². The molecule has 0 aliphatic carbocycles. The van der Waals surface area contributed by atoms with Gasteiger partial charge in [-0.2, -0.15) is 0 Å². The number of nitrogens with zero attached hydrogens (tertiary/aromatic N) is 1. The van der Waals surface area contributed by atoms with E-state index < -0.39 is 0 Å². The van der Waals surface area contributed by atoms with Crippen LogP contribution >= 0.6 is 0 Å². The average Bonchev–Trinajstić information content (AvgIpc) is 3.16. The number of methoxy groups -OCH3 is 2. The zero-order valence-electron chi connectivity index (χ0n) is 13.4. The Morgan fingerprint density at radius 2 is 1.86 bits per heavy atom. The van der Waals surface area contributed by atoms with Crippen LogP contribution in [0.15, 0.2) is 18.2 Å². The lowest BCUT2D eigenvalue weighted by molar-refractivity contribution is 0.404. The molecule has 5 nitrogen and oxygen atoms in total. The van der Waals surface area contributed by atoms with Crippen LogP contribution in [0.25, 0.3) is 11.3 Å². The maximum Gasteiger partial charge on any atom is 0.130 e. The van der Waals surface area contributed by atoms with Gasteiger partial charge in [-0.1, -0.05) is 0 Å². The Kier molecular flexibility index (Phi) is 3.88. The van der Waals surface area contributed by atoms with Crippen molar-refractivity contribution in [2.45, 2.75) is 19.8 Å². The molecule has 2 aromatic rings. The maximum atomic E-state index is 6.34. The normalized spacial score (nSPS) is 14.4. The number of ether oxygens (including phenoxy) is 2. The molecular formula is C17H23N3O2. The molecule has 0 unspecified atom stereocenters. The van der Waals surface area contributed by atoms with Crippen molar-refractivity contribution in [2.75, 3.05) is 37.9 Å². The molecule has 0 atom stereocenters. The predicted molar refractivity (Wildman–Crippen MR) is 89.9 cm³/mol. The summed E-state index contributed by atoms with van der Waals surface area (Å²) in [6.45, 7) is 4.15. The number of benzene rings is 1. The van der Waals surface area contributed by atoms with E-state index in [-0.39, 0.29) is 0 Å². The van der Waals surface area contributed by atoms with E-state index in [4.69, 9.17) is 15.2 Å². The molecule has 0 bridgehead atoms. The molecule has 2 heterocycles. The van der Waals surface area contributed by atoms with Crippen molar-refractivity contribution >= 4 is 11.5 Å². The van der Waals surface area contributed by atoms with Crippen molar-refractivity contribution in [3.63, 3.8) is 0 Å². The third-order valence-electron chi connectivity index (χ3n) is 4.38. The summed E-state index contributed by atoms with van der Waals surface area (Å²) < 4.78 is 10.8. The Labute approximate surface area is 131 Å². The van der Waals surface area contributed by atoms with Crippen LogP contribution in [0.1, 0.15) is 18.4 Å². The Hall–Kier alpha value is -2.30. The summed E-state index contributed by atoms with van der Waals surface area (Å²) in [6.07, 6.45) is 2.44. The summed E-state index contributed by atoms with van der Waals surface area (Å²) >= 11 is 0. The molecule has 1 saturated heterocycles. The zero-order valence-corrected chi connectivity index (χ0v) is 13.4. The predicted octanol–water partition coefficient (Wildman–Crippen LogP) is 3.19. The van der Waals surface area contributed by atoms with E-state index in [1.54, 1.807) is 14.2 Å². The highest BCUT2D eigenvalue weighted by molar-refractivity contribution is 5.83. The fourth-order valence-electron chi connectivity index (χ4n) is 3.06. The number of rotatable bonds is 4. The highest BCUT2D eigenvalue weighted by atomic mass is 16.5. The van der Waals surface area contributed by atoms with Crippen molar-refractivity contribution < 1.29 is 9.47 Å². The molecule has 118 valence electrons. The number of nitrogens with two attached hydrogens (primary N) is 1. The number of anilines is 2. The number of hydrogen-bond donors (Lipinski definition) is 2. The fourth-order valence-corrected chi connectivity index (χ4v) is 3.06. The molecule has 1 aromatic carbocycles. The van der Waals surface area contributed by atoms with Crippen LogP contribution < -0.4 is 20.1 Å². The number of aromatic amines is 1. The van der Waals surface area contributed by atoms with Crippen LogP contribution in [0.5, 0.6) is 11.5 Å². The molecule has 1 aliphatic heterocycles. The van der Waals surface area contributed by atoms with Crippen LogP contribution in [-0.4, -0.2) is 32.3 Å². The van der Waals surface area contributed by atoms with Gasteiger partial charge in [-0.3, -0.25) is 0 Å². The summed E-state index contributed by atoms with van der Waals surface area (Å²) in [6, 6.07) is 5.79. The smallest absolute Gasteiger partial charge is 0.130 e. The summed E-state index contributed by atoms with van der Waals surface area (Å²) in [7, 11) is 3.34. The minimum absolute atomic E-state index is 0.797. The van der Waals surface area contributed by atoms with Crippen LogP contribution in [0, 0.1) is 6.92 Å². The van der Waals surface area contributed by atoms with E-state index in [9.17, 15) is 0 Å². The highest BCUT2D eigenvalue weighted by Crippen LogP contribution is 2.40. The third kappa shape index (κ3) is 2.36. The Bertz CT molecular complexity index is 673. The maximum absolute atomic E-state index is 6.34. The largest absolute Gasteiger partial charge is 0.497 e. The Morgan fingerprint density at radius 3 is 2.50 bits per heavy atom. The molecule has 0 spiro atoms. The van der Waals surface area contributed by atoms with Gasteiger partial charge in [0.1, 0.15) is 17.3 Å². The topological polar surface area (TPSA) is 63.5 Å². The summed E-state index contributed by atoms with van der Waals surface area (Å²) in [4.78, 5) is 5.82. The molecule has 1 aromatic heterocycles. The first-order valence-electron chi connectivity index (χ1n) is 7.61. The molecule has 0 radical (unpaired) electrons. The molecule has 1 fully saturated rings. The first-order valence-corrected chi connectivity index (χ1v) is 7.61. The summed E-state index contributed by atoms with van der Waals surface area (Å²) in [5.74, 6) is 2.62. The summed E-state index contributed by atoms with van der Waals surface area (Å²) in [5.41, 5.74) is 10.2. The number of hydrogen-bond acceptors (Lipinski definition) is 4. The lowest BCUT2D eigenvalue weighted by atomic mass is 10.1. The van der Waals surface area contributed by atoms with E-state index in [1.807, 2.05) is 25.1 Å². The van der Waals surface area contributed by atoms with Crippen LogP contribution in [0.3, 0.4) is 0 Å². The van der Waals surface area contributed by atoms with Gasteiger partial charge in [0, 0.05) is 18.7 Å². The van der Waals surface area contributed by atoms with Gasteiger partial charge in [0.2, 0.25) is 0 Å². The average molecular weight is 301 g/mol. The van der Waals surface area contributed by atoms with E-state index in [1.165, 1.54) is 12.8 Å². The number of nitrogens with one attached hydrogen (secondary N) is 1. The minimum atomic E-state index is 0.797. The van der Waals surface area contributed by atoms with Crippen molar-refractivity contribution in [3.05, 3.63) is 23.8 Å². The van der Waals surface area contributed by atoms with E-state index in [0.717, 1.165) is 52.9 Å². The Balaban J connectivity index is 2.10. The van der Waals surface area contributed by atoms with Crippen LogP contribution in [0.2, 0.25) is 0 Å². The van der Waals surface area contributed by atoms with Crippen molar-refractivity contribution in [3.8, 4) is 22.8 Å². The second-order valence-corrected chi connectivity index (χ2v) is 5.65. The highest BCUT2D eigenvalue weighted by Gasteiger charge is 2.22. The fraction of sp³-hybridized carbons (Fsp3) is 0.412. The van der Waals surface area contributed by atoms with Crippen molar-refractivity contribution in [1.29, 1.82) is 0 Å². The first kappa shape index (κ1) is 14.6. The molecule has 0 amide bonds. The number of aromatic nitrogens is 1. The van der Waals surface area contributed by atoms with Gasteiger partial charge in [-0.25, -0.2) is 0 Å². The molecule has 1 aliphatic rings. The minimum Gasteiger partial charge on any atom is -0.497 e. The van der Waals surface area contributed by atoms with Gasteiger partial charge < -0.3 is 25.1 Å². The van der Waals surface area contributed by atoms with Crippen molar-refractivity contribution in [2.24, 2.45) is 0 Å². The molecule has 3 N–H and O–H groups in total. The quantitative estimate of drug-likeness (QED) is 0.910. The lowest BCUT2D eigenvalue weighted by Crippen LogP contribution is -2.19. The standard InChI is InChI=1S/C17H23N3O2/c1-11-15(18)17(20-8-4-5-9-20)19-16(11)13-10-12(21-2)6-7-14(13)22-3/h6-7,10,19H,4-5,8-9,18H2,1-3H3. The molecule has 0 saturated carbocycles. The van der Waals surface area contributed by atoms with Gasteiger partial charge in [0.25, 0.3) is 0 Å². The van der Waals surface area contributed by atoms with Gasteiger partial charge >= 0.3 is 0 Å². The molecule has 3 rings (SSSR count). The molecule has 22 heavy (non-hydrogen) atoms. The molecule has 5 heteroatoms. The van der Waals surface area contributed by atoms with Crippen molar-refractivity contribution in [1.82, 2.24) is 4.98 Å². The SMILES string of the molecule is COc1ccc(OC)c(-c2[nH]c(N3CCCC3)c(N)c2C)c1. The summed E-state index contributed by atoms with van der Waals surface area (Å²) in [5, 5.41) is 0. The van der Waals surface area contributed by atoms with Gasteiger partial charge in [-0.15, -0.1) is 0 Å². The lowest BCUT2D eigenvalue weighted by Gasteiger charge is -2.16. The zero-order chi connectivity index (χ0) is 15.7. The first-order chi connectivity index (χ1) is 10.7. The monoisotopic (exact) mass is 301 g/mol. The number of H-pyrrole nitrogens is 1. The number of nitrogen functional groups attached to an aromatic ring is 1. The van der Waals surface area contributed by atoms with Gasteiger partial charge in [0.05, 0.1) is 25.6 Å². The molecular weight excluding hydrogens is 278 g/mol. The van der Waals surface area contributed by atoms with Gasteiger partial charge in [-0.05, 0) is 43.5 Å². The van der Waals surface area contributed by atoms with Crippen LogP contribution in [0.4, 0.5) is 11.5 Å². The third-order valence-corrected chi connectivity index (χ3v) is 4.38. The van der Waals surface area contributed by atoms with E-state index in [2.05, 4.69) is 9.88 Å². The van der Waals surface area contributed by atoms with Gasteiger partial charge in [0.15, 0.2) is 0 Å². The Morgan fingerprint density at radius 1 is 1.14 bits per heavy atom. The second kappa shape index (κ2) is 5.83. The van der Waals surface area contributed by atoms with E-state index in [0.29, 0.717) is 0 Å². The van der Waals surface area contributed by atoms with Crippen LogP contribution in [-0.2, 0) is 0 Å². The second-order valence-electron chi connectivity index (χ2n) is 5.65.